The Labute approximate surface area is 128 Å². The van der Waals surface area contributed by atoms with Gasteiger partial charge in [-0.25, -0.2) is 0 Å². The van der Waals surface area contributed by atoms with Crippen LogP contribution < -0.4 is 4.68 Å². The molecule has 3 aliphatic heterocycles. The van der Waals surface area contributed by atoms with Gasteiger partial charge < -0.3 is 9.64 Å². The molecule has 1 aromatic rings. The van der Waals surface area contributed by atoms with Gasteiger partial charge in [0.2, 0.25) is 12.2 Å². The Morgan fingerprint density at radius 3 is 3.10 bits per heavy atom. The Balaban J connectivity index is 1.47. The van der Waals surface area contributed by atoms with Gasteiger partial charge in [-0.05, 0) is 11.9 Å². The van der Waals surface area contributed by atoms with Crippen molar-refractivity contribution < 1.29 is 14.2 Å². The van der Waals surface area contributed by atoms with E-state index in [9.17, 15) is 4.79 Å². The van der Waals surface area contributed by atoms with Crippen LogP contribution in [0.1, 0.15) is 13.8 Å². The lowest BCUT2D eigenvalue weighted by Gasteiger charge is -2.43. The summed E-state index contributed by atoms with van der Waals surface area (Å²) in [4.78, 5) is 18.7. The molecule has 1 aromatic heterocycles. The fraction of sp³-hybridized carbons (Fsp3) is 0.571. The summed E-state index contributed by atoms with van der Waals surface area (Å²) in [6.07, 6.45) is 5.57. The number of ether oxygens (including phenoxy) is 1. The van der Waals surface area contributed by atoms with Crippen LogP contribution in [0.2, 0.25) is 0 Å². The average molecular weight is 305 g/mol. The number of fused-ring (bicyclic) bond motifs is 2. The fourth-order valence-corrected chi connectivity index (χ4v) is 3.79. The van der Waals surface area contributed by atoms with Crippen LogP contribution in [0.15, 0.2) is 24.6 Å². The average Bonchev–Trinajstić information content (AvgIpc) is 3.05. The van der Waals surface area contributed by atoms with Crippen molar-refractivity contribution in [2.24, 2.45) is 11.8 Å². The first-order valence-corrected chi connectivity index (χ1v) is 7.58. The number of hydrogen-bond acceptors (Lipinski definition) is 4. The van der Waals surface area contributed by atoms with Gasteiger partial charge in [0.25, 0.3) is 0 Å². The van der Waals surface area contributed by atoms with Gasteiger partial charge in [0.05, 0.1) is 12.0 Å². The molecule has 4 rings (SSSR count). The summed E-state index contributed by atoms with van der Waals surface area (Å²) >= 11 is 5.22. The Hall–Kier alpha value is -1.76. The molecule has 4 heterocycles. The molecule has 7 heteroatoms. The zero-order chi connectivity index (χ0) is 14.7. The van der Waals surface area contributed by atoms with Gasteiger partial charge in [0, 0.05) is 17.0 Å². The predicted molar refractivity (Wildman–Crippen MR) is 76.9 cm³/mol. The van der Waals surface area contributed by atoms with Crippen molar-refractivity contribution in [3.8, 4) is 0 Å². The van der Waals surface area contributed by atoms with Gasteiger partial charge in [-0.2, -0.15) is 9.36 Å². The highest BCUT2D eigenvalue weighted by molar-refractivity contribution is 7.80. The van der Waals surface area contributed by atoms with E-state index in [0.717, 1.165) is 23.7 Å². The third-order valence-electron chi connectivity index (χ3n) is 4.66. The van der Waals surface area contributed by atoms with Crippen LogP contribution >= 0.6 is 12.2 Å². The van der Waals surface area contributed by atoms with E-state index in [1.54, 1.807) is 17.6 Å². The van der Waals surface area contributed by atoms with E-state index >= 15 is 0 Å². The van der Waals surface area contributed by atoms with Crippen molar-refractivity contribution in [1.82, 2.24) is 14.6 Å². The molecule has 0 saturated carbocycles. The van der Waals surface area contributed by atoms with Crippen LogP contribution in [-0.2, 0) is 22.6 Å². The predicted octanol–water partition coefficient (Wildman–Crippen LogP) is 0.277. The van der Waals surface area contributed by atoms with Crippen LogP contribution in [0.25, 0.3) is 0 Å². The van der Waals surface area contributed by atoms with E-state index in [4.69, 9.17) is 17.0 Å². The topological polar surface area (TPSA) is 51.2 Å². The molecular formula is C14H17N4O2S+. The van der Waals surface area contributed by atoms with E-state index in [-0.39, 0.29) is 29.9 Å². The highest BCUT2D eigenvalue weighted by Gasteiger charge is 2.55. The second kappa shape index (κ2) is 4.37. The zero-order valence-corrected chi connectivity index (χ0v) is 12.8. The van der Waals surface area contributed by atoms with E-state index in [1.807, 2.05) is 22.5 Å². The maximum absolute atomic E-state index is 12.1. The SMILES string of the molecule is CC(=S)C1C(=O)N2C=C(OC3Cn4cnc[n+]4C3)C(C)C12. The lowest BCUT2D eigenvalue weighted by molar-refractivity contribution is -0.761. The van der Waals surface area contributed by atoms with Gasteiger partial charge >= 0.3 is 6.33 Å². The minimum absolute atomic E-state index is 0.0996. The second-order valence-electron chi connectivity index (χ2n) is 6.01. The highest BCUT2D eigenvalue weighted by Crippen LogP contribution is 2.43. The molecule has 21 heavy (non-hydrogen) atoms. The Morgan fingerprint density at radius 2 is 2.38 bits per heavy atom. The van der Waals surface area contributed by atoms with Crippen molar-refractivity contribution in [2.45, 2.75) is 39.1 Å². The minimum Gasteiger partial charge on any atom is -0.487 e. The molecule has 1 amide bonds. The largest absolute Gasteiger partial charge is 0.487 e. The third kappa shape index (κ3) is 1.76. The number of carbonyl (C=O) groups excluding carboxylic acids is 1. The van der Waals surface area contributed by atoms with Gasteiger partial charge in [0.1, 0.15) is 18.8 Å². The fourth-order valence-electron chi connectivity index (χ4n) is 3.55. The van der Waals surface area contributed by atoms with Crippen LogP contribution in [0.5, 0.6) is 0 Å². The quantitative estimate of drug-likeness (QED) is 0.457. The lowest BCUT2D eigenvalue weighted by Crippen LogP contribution is -2.60. The van der Waals surface area contributed by atoms with Gasteiger partial charge in [-0.3, -0.25) is 4.79 Å². The summed E-state index contributed by atoms with van der Waals surface area (Å²) in [6, 6.07) is 0.152. The second-order valence-corrected chi connectivity index (χ2v) is 6.65. The number of rotatable bonds is 3. The van der Waals surface area contributed by atoms with E-state index < -0.39 is 0 Å². The van der Waals surface area contributed by atoms with Crippen molar-refractivity contribution in [1.29, 1.82) is 0 Å². The molecule has 0 spiro atoms. The first kappa shape index (κ1) is 12.9. The number of hydrogen-bond donors (Lipinski definition) is 0. The minimum atomic E-state index is -0.122. The summed E-state index contributed by atoms with van der Waals surface area (Å²) in [5.74, 6) is 1.09. The zero-order valence-electron chi connectivity index (χ0n) is 12.0. The van der Waals surface area contributed by atoms with Crippen molar-refractivity contribution in [3.05, 3.63) is 24.6 Å². The summed E-state index contributed by atoms with van der Waals surface area (Å²) in [5.41, 5.74) is 0. The summed E-state index contributed by atoms with van der Waals surface area (Å²) in [5, 5.41) is 0. The molecular weight excluding hydrogens is 288 g/mol. The van der Waals surface area contributed by atoms with E-state index in [2.05, 4.69) is 11.9 Å². The molecule has 3 aliphatic rings. The monoisotopic (exact) mass is 305 g/mol. The van der Waals surface area contributed by atoms with Crippen LogP contribution in [-0.4, -0.2) is 37.5 Å². The van der Waals surface area contributed by atoms with Gasteiger partial charge in [-0.1, -0.05) is 19.1 Å². The normalized spacial score (nSPS) is 33.3. The molecule has 3 unspecified atom stereocenters. The van der Waals surface area contributed by atoms with E-state index in [1.165, 1.54) is 0 Å². The van der Waals surface area contributed by atoms with Crippen LogP contribution in [0, 0.1) is 11.8 Å². The maximum atomic E-state index is 12.1. The molecule has 0 aromatic carbocycles. The van der Waals surface area contributed by atoms with Crippen molar-refractivity contribution in [2.75, 3.05) is 0 Å². The molecule has 1 fully saturated rings. The summed E-state index contributed by atoms with van der Waals surface area (Å²) in [6.45, 7) is 5.55. The Morgan fingerprint density at radius 1 is 1.57 bits per heavy atom. The van der Waals surface area contributed by atoms with Crippen molar-refractivity contribution >= 4 is 23.0 Å². The molecule has 1 saturated heterocycles. The first-order valence-electron chi connectivity index (χ1n) is 7.17. The number of amides is 1. The Kier molecular flexibility index (Phi) is 2.69. The smallest absolute Gasteiger partial charge is 0.306 e. The first-order chi connectivity index (χ1) is 10.1. The molecule has 3 atom stereocenters. The van der Waals surface area contributed by atoms with Gasteiger partial charge in [-0.15, -0.1) is 0 Å². The number of carbonyl (C=O) groups is 1. The molecule has 0 N–H and O–H groups in total. The maximum Gasteiger partial charge on any atom is 0.306 e. The molecule has 6 nitrogen and oxygen atoms in total. The van der Waals surface area contributed by atoms with Crippen LogP contribution in [0.3, 0.4) is 0 Å². The highest BCUT2D eigenvalue weighted by atomic mass is 32.1. The standard InChI is InChI=1S/C14H17N4O2S/c1-8-11(5-18-13(8)12(9(2)21)14(18)19)20-10-3-16-6-15-7-17(16)4-10/h5-8,10,12-13H,3-4H2,1-2H3/q+1. The van der Waals surface area contributed by atoms with Crippen LogP contribution in [0.4, 0.5) is 0 Å². The van der Waals surface area contributed by atoms with E-state index in [0.29, 0.717) is 0 Å². The third-order valence-corrected chi connectivity index (χ3v) is 4.92. The molecule has 0 radical (unpaired) electrons. The summed E-state index contributed by atoms with van der Waals surface area (Å²) < 4.78 is 10.2. The molecule has 0 bridgehead atoms. The lowest BCUT2D eigenvalue weighted by atomic mass is 9.80. The molecule has 0 aliphatic carbocycles. The number of β-lactam (4-membered cyclic amide) rings is 1. The number of aromatic nitrogens is 3. The Bertz CT molecular complexity index is 647. The number of nitrogens with zero attached hydrogens (tertiary/aromatic N) is 4. The van der Waals surface area contributed by atoms with Crippen molar-refractivity contribution in [3.63, 3.8) is 0 Å². The summed E-state index contributed by atoms with van der Waals surface area (Å²) in [7, 11) is 0. The number of thiocarbonyl (C=S) groups is 1. The molecule has 110 valence electrons. The van der Waals surface area contributed by atoms with Gasteiger partial charge in [0.15, 0.2) is 6.10 Å².